The normalized spacial score (nSPS) is 15.8. The summed E-state index contributed by atoms with van der Waals surface area (Å²) < 4.78 is 6.13. The predicted octanol–water partition coefficient (Wildman–Crippen LogP) is 4.70. The van der Waals surface area contributed by atoms with Crippen LogP contribution in [0.25, 0.3) is 0 Å². The van der Waals surface area contributed by atoms with Gasteiger partial charge in [0.05, 0.1) is 0 Å². The van der Waals surface area contributed by atoms with Gasteiger partial charge in [0.25, 0.3) is 0 Å². The molecule has 17 heavy (non-hydrogen) atoms. The fraction of sp³-hybridized carbons (Fsp3) is 0.375. The van der Waals surface area contributed by atoms with E-state index in [1.807, 2.05) is 0 Å². The van der Waals surface area contributed by atoms with Gasteiger partial charge in [0, 0.05) is 6.42 Å². The van der Waals surface area contributed by atoms with Crippen LogP contribution in [0.5, 0.6) is 5.75 Å². The highest BCUT2D eigenvalue weighted by molar-refractivity contribution is 5.46. The summed E-state index contributed by atoms with van der Waals surface area (Å²) in [6, 6.07) is 6.27. The van der Waals surface area contributed by atoms with Crippen molar-refractivity contribution in [1.82, 2.24) is 0 Å². The molecule has 1 aromatic carbocycles. The van der Waals surface area contributed by atoms with Crippen molar-refractivity contribution in [1.29, 1.82) is 0 Å². The smallest absolute Gasteiger partial charge is 0.132 e. The number of aryl methyl sites for hydroxylation is 2. The van der Waals surface area contributed by atoms with Crippen molar-refractivity contribution in [3.05, 3.63) is 51.8 Å². The highest BCUT2D eigenvalue weighted by Crippen LogP contribution is 2.34. The Labute approximate surface area is 104 Å². The zero-order valence-corrected chi connectivity index (χ0v) is 11.3. The van der Waals surface area contributed by atoms with E-state index >= 15 is 0 Å². The van der Waals surface area contributed by atoms with E-state index in [0.29, 0.717) is 0 Å². The molecule has 0 radical (unpaired) electrons. The maximum atomic E-state index is 6.13. The van der Waals surface area contributed by atoms with Crippen LogP contribution in [-0.2, 0) is 0 Å². The van der Waals surface area contributed by atoms with Gasteiger partial charge in [-0.15, -0.1) is 0 Å². The molecule has 0 amide bonds. The topological polar surface area (TPSA) is 9.23 Å². The molecule has 1 aliphatic rings. The molecule has 0 aliphatic heterocycles. The number of hydrogen-bond donors (Lipinski definition) is 0. The first-order valence-electron chi connectivity index (χ1n) is 6.11. The van der Waals surface area contributed by atoms with Crippen LogP contribution in [0.15, 0.2) is 40.7 Å². The largest absolute Gasteiger partial charge is 0.461 e. The summed E-state index contributed by atoms with van der Waals surface area (Å²) in [6.07, 6.45) is 0.950. The molecule has 1 aliphatic carbocycles. The van der Waals surface area contributed by atoms with E-state index in [2.05, 4.69) is 52.8 Å². The Kier molecular flexibility index (Phi) is 3.10. The Balaban J connectivity index is 2.31. The fourth-order valence-corrected chi connectivity index (χ4v) is 2.23. The van der Waals surface area contributed by atoms with E-state index in [1.165, 1.54) is 27.8 Å². The maximum Gasteiger partial charge on any atom is 0.132 e. The van der Waals surface area contributed by atoms with Crippen molar-refractivity contribution in [3.8, 4) is 5.75 Å². The first kappa shape index (κ1) is 12.0. The van der Waals surface area contributed by atoms with Gasteiger partial charge in [-0.3, -0.25) is 0 Å². The van der Waals surface area contributed by atoms with Gasteiger partial charge in [-0.05, 0) is 56.9 Å². The quantitative estimate of drug-likeness (QED) is 0.713. The molecule has 90 valence electrons. The summed E-state index contributed by atoms with van der Waals surface area (Å²) in [6.45, 7) is 10.7. The minimum absolute atomic E-state index is 0.950. The highest BCUT2D eigenvalue weighted by atomic mass is 16.5. The van der Waals surface area contributed by atoms with Crippen molar-refractivity contribution in [2.24, 2.45) is 0 Å². The third-order valence-corrected chi connectivity index (χ3v) is 3.68. The van der Waals surface area contributed by atoms with Gasteiger partial charge < -0.3 is 4.74 Å². The van der Waals surface area contributed by atoms with Crippen molar-refractivity contribution < 1.29 is 4.74 Å². The number of allylic oxidation sites excluding steroid dienone is 3. The fourth-order valence-electron chi connectivity index (χ4n) is 2.23. The number of hydrogen-bond acceptors (Lipinski definition) is 1. The lowest BCUT2D eigenvalue weighted by Crippen LogP contribution is -1.99. The molecule has 0 saturated heterocycles. The second-order valence-corrected chi connectivity index (χ2v) is 4.95. The van der Waals surface area contributed by atoms with Crippen molar-refractivity contribution in [2.75, 3.05) is 0 Å². The third kappa shape index (κ3) is 2.14. The van der Waals surface area contributed by atoms with Crippen molar-refractivity contribution in [3.63, 3.8) is 0 Å². The summed E-state index contributed by atoms with van der Waals surface area (Å²) in [5.74, 6) is 2.13. The molecule has 1 nitrogen and oxygen atoms in total. The van der Waals surface area contributed by atoms with Crippen molar-refractivity contribution >= 4 is 0 Å². The van der Waals surface area contributed by atoms with Crippen LogP contribution in [0.1, 0.15) is 38.3 Å². The molecule has 0 spiro atoms. The van der Waals surface area contributed by atoms with Gasteiger partial charge in [-0.25, -0.2) is 0 Å². The molecule has 0 bridgehead atoms. The van der Waals surface area contributed by atoms with E-state index < -0.39 is 0 Å². The zero-order chi connectivity index (χ0) is 12.6. The average Bonchev–Trinajstić information content (AvgIpc) is 2.52. The van der Waals surface area contributed by atoms with Crippen LogP contribution in [0.2, 0.25) is 0 Å². The molecule has 1 heteroatoms. The third-order valence-electron chi connectivity index (χ3n) is 3.68. The molecular weight excluding hydrogens is 208 g/mol. The van der Waals surface area contributed by atoms with Crippen LogP contribution >= 0.6 is 0 Å². The van der Waals surface area contributed by atoms with Gasteiger partial charge in [0.15, 0.2) is 0 Å². The van der Waals surface area contributed by atoms with Gasteiger partial charge >= 0.3 is 0 Å². The Morgan fingerprint density at radius 3 is 1.94 bits per heavy atom. The number of benzene rings is 1. The monoisotopic (exact) mass is 228 g/mol. The Morgan fingerprint density at radius 1 is 0.882 bits per heavy atom. The average molecular weight is 228 g/mol. The van der Waals surface area contributed by atoms with E-state index in [4.69, 9.17) is 4.74 Å². The molecule has 0 N–H and O–H groups in total. The van der Waals surface area contributed by atoms with Gasteiger partial charge in [0.2, 0.25) is 0 Å². The highest BCUT2D eigenvalue weighted by Gasteiger charge is 2.18. The predicted molar refractivity (Wildman–Crippen MR) is 72.2 cm³/mol. The second-order valence-electron chi connectivity index (χ2n) is 4.95. The Hall–Kier alpha value is -1.50. The minimum Gasteiger partial charge on any atom is -0.461 e. The lowest BCUT2D eigenvalue weighted by Gasteiger charge is -2.13. The maximum absolute atomic E-state index is 6.13. The SMILES string of the molecule is CC1=C(C)C(C)=C(Oc2c(C)cccc2C)C1. The second kappa shape index (κ2) is 4.40. The number of ether oxygens (including phenoxy) is 1. The van der Waals surface area contributed by atoms with Crippen molar-refractivity contribution in [2.45, 2.75) is 41.0 Å². The molecular formula is C16H20O. The summed E-state index contributed by atoms with van der Waals surface area (Å²) in [5.41, 5.74) is 6.50. The summed E-state index contributed by atoms with van der Waals surface area (Å²) >= 11 is 0. The lowest BCUT2D eigenvalue weighted by atomic mass is 10.1. The van der Waals surface area contributed by atoms with E-state index in [0.717, 1.165) is 17.9 Å². The van der Waals surface area contributed by atoms with Crippen LogP contribution < -0.4 is 4.74 Å². The lowest BCUT2D eigenvalue weighted by molar-refractivity contribution is 0.406. The Morgan fingerprint density at radius 2 is 1.47 bits per heavy atom. The van der Waals surface area contributed by atoms with Gasteiger partial charge in [0.1, 0.15) is 11.5 Å². The Bertz CT molecular complexity index is 498. The molecule has 0 unspecified atom stereocenters. The summed E-state index contributed by atoms with van der Waals surface area (Å²) in [5, 5.41) is 0. The first-order valence-corrected chi connectivity index (χ1v) is 6.11. The van der Waals surface area contributed by atoms with Gasteiger partial charge in [-0.2, -0.15) is 0 Å². The van der Waals surface area contributed by atoms with Crippen LogP contribution in [-0.4, -0.2) is 0 Å². The number of para-hydroxylation sites is 1. The first-order chi connectivity index (χ1) is 8.00. The molecule has 0 atom stereocenters. The summed E-state index contributed by atoms with van der Waals surface area (Å²) in [4.78, 5) is 0. The number of rotatable bonds is 2. The van der Waals surface area contributed by atoms with Crippen LogP contribution in [0, 0.1) is 13.8 Å². The molecule has 2 rings (SSSR count). The molecule has 0 saturated carbocycles. The molecule has 0 aromatic heterocycles. The van der Waals surface area contributed by atoms with Gasteiger partial charge in [-0.1, -0.05) is 23.8 Å². The van der Waals surface area contributed by atoms with E-state index in [1.54, 1.807) is 0 Å². The molecule has 1 aromatic rings. The standard InChI is InChI=1S/C16H20O/c1-10-7-6-8-11(2)16(10)17-15-9-12(3)13(4)14(15)5/h6-8H,9H2,1-5H3. The van der Waals surface area contributed by atoms with E-state index in [9.17, 15) is 0 Å². The summed E-state index contributed by atoms with van der Waals surface area (Å²) in [7, 11) is 0. The molecule has 0 fully saturated rings. The molecule has 0 heterocycles. The van der Waals surface area contributed by atoms with Crippen LogP contribution in [0.4, 0.5) is 0 Å². The van der Waals surface area contributed by atoms with Crippen LogP contribution in [0.3, 0.4) is 0 Å². The minimum atomic E-state index is 0.950. The van der Waals surface area contributed by atoms with E-state index in [-0.39, 0.29) is 0 Å². The zero-order valence-electron chi connectivity index (χ0n) is 11.3.